The van der Waals surface area contributed by atoms with Crippen molar-refractivity contribution in [3.8, 4) is 0 Å². The zero-order valence-corrected chi connectivity index (χ0v) is 19.0. The van der Waals surface area contributed by atoms with Crippen LogP contribution < -0.4 is 16.0 Å². The lowest BCUT2D eigenvalue weighted by Crippen LogP contribution is -2.46. The Morgan fingerprint density at radius 1 is 1.00 bits per heavy atom. The number of carboxylic acid groups (broad SMARTS) is 1. The molecule has 1 fully saturated rings. The molecule has 0 aliphatic heterocycles. The van der Waals surface area contributed by atoms with Gasteiger partial charge in [0.25, 0.3) is 5.91 Å². The summed E-state index contributed by atoms with van der Waals surface area (Å²) < 4.78 is 0. The van der Waals surface area contributed by atoms with Crippen LogP contribution in [0.1, 0.15) is 53.6 Å². The molecule has 8 heteroatoms. The van der Waals surface area contributed by atoms with Crippen LogP contribution in [0.5, 0.6) is 0 Å². The zero-order valence-electron chi connectivity index (χ0n) is 18.2. The van der Waals surface area contributed by atoms with Gasteiger partial charge in [-0.15, -0.1) is 0 Å². The molecule has 7 nitrogen and oxygen atoms in total. The number of amides is 3. The first-order valence-electron chi connectivity index (χ1n) is 10.7. The Morgan fingerprint density at radius 2 is 1.66 bits per heavy atom. The summed E-state index contributed by atoms with van der Waals surface area (Å²) in [6.45, 7) is 3.77. The molecule has 0 spiro atoms. The molecule has 0 saturated heterocycles. The van der Waals surface area contributed by atoms with E-state index in [9.17, 15) is 19.5 Å². The molecule has 1 unspecified atom stereocenters. The minimum Gasteiger partial charge on any atom is -0.480 e. The SMILES string of the molecule is Cc1cccc(C)c1NC(=O)Nc1cc(Cl)ccc1C(=O)NC(C(=O)O)C1CCCCC1. The molecule has 0 aromatic heterocycles. The maximum atomic E-state index is 13.0. The molecular formula is C24H28ClN3O4. The fourth-order valence-corrected chi connectivity index (χ4v) is 4.34. The molecule has 1 atom stereocenters. The average molecular weight is 458 g/mol. The summed E-state index contributed by atoms with van der Waals surface area (Å²) in [4.78, 5) is 37.5. The van der Waals surface area contributed by atoms with Crippen LogP contribution in [0.15, 0.2) is 36.4 Å². The molecule has 2 aromatic rings. The largest absolute Gasteiger partial charge is 0.480 e. The van der Waals surface area contributed by atoms with E-state index in [2.05, 4.69) is 16.0 Å². The predicted molar refractivity (Wildman–Crippen MR) is 125 cm³/mol. The standard InChI is InChI=1S/C24H28ClN3O4/c1-14-7-6-8-15(2)20(14)28-24(32)26-19-13-17(25)11-12-18(19)22(29)27-21(23(30)31)16-9-4-3-5-10-16/h6-8,11-13,16,21H,3-5,9-10H2,1-2H3,(H,27,29)(H,30,31)(H2,26,28,32). The molecule has 32 heavy (non-hydrogen) atoms. The molecule has 0 bridgehead atoms. The quantitative estimate of drug-likeness (QED) is 0.468. The van der Waals surface area contributed by atoms with Gasteiger partial charge in [0, 0.05) is 10.7 Å². The van der Waals surface area contributed by atoms with Crippen molar-refractivity contribution >= 4 is 40.9 Å². The van der Waals surface area contributed by atoms with E-state index in [1.807, 2.05) is 32.0 Å². The molecule has 3 amide bonds. The minimum absolute atomic E-state index is 0.110. The second-order valence-electron chi connectivity index (χ2n) is 8.22. The first-order chi connectivity index (χ1) is 15.3. The Kier molecular flexibility index (Phi) is 7.75. The highest BCUT2D eigenvalue weighted by atomic mass is 35.5. The van der Waals surface area contributed by atoms with Gasteiger partial charge in [-0.2, -0.15) is 0 Å². The fourth-order valence-electron chi connectivity index (χ4n) is 4.16. The third-order valence-corrected chi connectivity index (χ3v) is 6.10. The van der Waals surface area contributed by atoms with Crippen LogP contribution >= 0.6 is 11.6 Å². The monoisotopic (exact) mass is 457 g/mol. The Labute approximate surface area is 192 Å². The van der Waals surface area contributed by atoms with E-state index >= 15 is 0 Å². The topological polar surface area (TPSA) is 108 Å². The molecule has 2 aromatic carbocycles. The number of aryl methyl sites for hydroxylation is 2. The number of benzene rings is 2. The maximum Gasteiger partial charge on any atom is 0.326 e. The molecule has 1 aliphatic carbocycles. The first-order valence-corrected chi connectivity index (χ1v) is 11.1. The molecule has 0 radical (unpaired) electrons. The van der Waals surface area contributed by atoms with Crippen molar-refractivity contribution in [1.82, 2.24) is 5.32 Å². The normalized spacial score (nSPS) is 15.0. The van der Waals surface area contributed by atoms with Crippen molar-refractivity contribution in [2.75, 3.05) is 10.6 Å². The number of rotatable bonds is 6. The number of carbonyl (C=O) groups is 3. The van der Waals surface area contributed by atoms with E-state index in [-0.39, 0.29) is 17.2 Å². The Morgan fingerprint density at radius 3 is 2.28 bits per heavy atom. The highest BCUT2D eigenvalue weighted by molar-refractivity contribution is 6.31. The first kappa shape index (κ1) is 23.6. The van der Waals surface area contributed by atoms with Crippen LogP contribution in [-0.4, -0.2) is 29.1 Å². The number of para-hydroxylation sites is 1. The number of halogens is 1. The summed E-state index contributed by atoms with van der Waals surface area (Å²) in [6.07, 6.45) is 4.52. The lowest BCUT2D eigenvalue weighted by Gasteiger charge is -2.28. The number of hydrogen-bond acceptors (Lipinski definition) is 3. The van der Waals surface area contributed by atoms with Crippen LogP contribution in [0.3, 0.4) is 0 Å². The van der Waals surface area contributed by atoms with Crippen molar-refractivity contribution in [2.45, 2.75) is 52.0 Å². The lowest BCUT2D eigenvalue weighted by atomic mass is 9.84. The fraction of sp³-hybridized carbons (Fsp3) is 0.375. The van der Waals surface area contributed by atoms with Crippen LogP contribution in [0.25, 0.3) is 0 Å². The van der Waals surface area contributed by atoms with Crippen molar-refractivity contribution < 1.29 is 19.5 Å². The summed E-state index contributed by atoms with van der Waals surface area (Å²) >= 11 is 6.10. The summed E-state index contributed by atoms with van der Waals surface area (Å²) in [6, 6.07) is 8.65. The predicted octanol–water partition coefficient (Wildman–Crippen LogP) is 5.36. The van der Waals surface area contributed by atoms with E-state index in [1.54, 1.807) is 0 Å². The molecule has 3 rings (SSSR count). The molecular weight excluding hydrogens is 430 g/mol. The molecule has 0 heterocycles. The number of anilines is 2. The smallest absolute Gasteiger partial charge is 0.326 e. The maximum absolute atomic E-state index is 13.0. The molecule has 1 aliphatic rings. The number of nitrogens with one attached hydrogen (secondary N) is 3. The van der Waals surface area contributed by atoms with E-state index < -0.39 is 23.9 Å². The van der Waals surface area contributed by atoms with Gasteiger partial charge in [0.2, 0.25) is 0 Å². The highest BCUT2D eigenvalue weighted by Crippen LogP contribution is 2.28. The average Bonchev–Trinajstić information content (AvgIpc) is 2.75. The number of carboxylic acids is 1. The van der Waals surface area contributed by atoms with Gasteiger partial charge in [-0.3, -0.25) is 4.79 Å². The number of urea groups is 1. The Bertz CT molecular complexity index is 998. The summed E-state index contributed by atoms with van der Waals surface area (Å²) in [5.41, 5.74) is 2.84. The van der Waals surface area contributed by atoms with Gasteiger partial charge in [-0.1, -0.05) is 49.1 Å². The van der Waals surface area contributed by atoms with E-state index in [1.165, 1.54) is 18.2 Å². The molecule has 1 saturated carbocycles. The van der Waals surface area contributed by atoms with E-state index in [0.29, 0.717) is 10.7 Å². The Balaban J connectivity index is 1.78. The molecule has 4 N–H and O–H groups in total. The van der Waals surface area contributed by atoms with Crippen molar-refractivity contribution in [3.63, 3.8) is 0 Å². The molecule has 170 valence electrons. The second kappa shape index (κ2) is 10.5. The van der Waals surface area contributed by atoms with Crippen LogP contribution in [0.4, 0.5) is 16.2 Å². The number of carbonyl (C=O) groups excluding carboxylic acids is 2. The van der Waals surface area contributed by atoms with Crippen LogP contribution in [0, 0.1) is 19.8 Å². The summed E-state index contributed by atoms with van der Waals surface area (Å²) in [5, 5.41) is 18.1. The summed E-state index contributed by atoms with van der Waals surface area (Å²) in [7, 11) is 0. The number of hydrogen-bond donors (Lipinski definition) is 4. The van der Waals surface area contributed by atoms with E-state index in [4.69, 9.17) is 11.6 Å². The van der Waals surface area contributed by atoms with Gasteiger partial charge < -0.3 is 21.1 Å². The summed E-state index contributed by atoms with van der Waals surface area (Å²) in [5.74, 6) is -1.73. The van der Waals surface area contributed by atoms with Crippen molar-refractivity contribution in [2.24, 2.45) is 5.92 Å². The van der Waals surface area contributed by atoms with Gasteiger partial charge in [0.15, 0.2) is 0 Å². The Hall–Kier alpha value is -3.06. The van der Waals surface area contributed by atoms with Gasteiger partial charge >= 0.3 is 12.0 Å². The number of aliphatic carboxylic acids is 1. The van der Waals surface area contributed by atoms with Gasteiger partial charge in [0.05, 0.1) is 11.3 Å². The van der Waals surface area contributed by atoms with Gasteiger partial charge in [-0.25, -0.2) is 9.59 Å². The van der Waals surface area contributed by atoms with Gasteiger partial charge in [0.1, 0.15) is 6.04 Å². The lowest BCUT2D eigenvalue weighted by molar-refractivity contribution is -0.141. The third-order valence-electron chi connectivity index (χ3n) is 5.87. The van der Waals surface area contributed by atoms with Crippen molar-refractivity contribution in [3.05, 3.63) is 58.1 Å². The van der Waals surface area contributed by atoms with Crippen LogP contribution in [0.2, 0.25) is 5.02 Å². The zero-order chi connectivity index (χ0) is 23.3. The van der Waals surface area contributed by atoms with Crippen molar-refractivity contribution in [1.29, 1.82) is 0 Å². The van der Waals surface area contributed by atoms with E-state index in [0.717, 1.165) is 43.2 Å². The second-order valence-corrected chi connectivity index (χ2v) is 8.66. The highest BCUT2D eigenvalue weighted by Gasteiger charge is 2.31. The minimum atomic E-state index is -1.05. The van der Waals surface area contributed by atoms with Crippen LogP contribution in [-0.2, 0) is 4.79 Å². The van der Waals surface area contributed by atoms with Gasteiger partial charge in [-0.05, 0) is 61.9 Å². The third kappa shape index (κ3) is 5.79.